The minimum Gasteiger partial charge on any atom is -0.353 e. The number of aromatic nitrogens is 2. The summed E-state index contributed by atoms with van der Waals surface area (Å²) >= 11 is 2.55. The lowest BCUT2D eigenvalue weighted by Gasteiger charge is -2.10. The van der Waals surface area contributed by atoms with Gasteiger partial charge in [-0.05, 0) is 31.0 Å². The molecule has 136 valence electrons. The Morgan fingerprint density at radius 2 is 2.12 bits per heavy atom. The number of carbonyl (C=O) groups is 1. The van der Waals surface area contributed by atoms with E-state index >= 15 is 0 Å². The van der Waals surface area contributed by atoms with Gasteiger partial charge in [0.15, 0.2) is 5.16 Å². The highest BCUT2D eigenvalue weighted by atomic mass is 32.2. The molecule has 0 aliphatic carbocycles. The third-order valence-electron chi connectivity index (χ3n) is 3.94. The topological polar surface area (TPSA) is 74.8 Å². The van der Waals surface area contributed by atoms with Crippen molar-refractivity contribution in [2.45, 2.75) is 31.5 Å². The fourth-order valence-corrected chi connectivity index (χ4v) is 4.07. The molecule has 0 saturated heterocycles. The van der Waals surface area contributed by atoms with E-state index in [4.69, 9.17) is 0 Å². The van der Waals surface area contributed by atoms with Crippen molar-refractivity contribution in [1.29, 1.82) is 0 Å². The summed E-state index contributed by atoms with van der Waals surface area (Å²) in [6.45, 7) is 3.94. The number of carbonyl (C=O) groups excluding carboxylic acids is 1. The number of hydrogen-bond donors (Lipinski definition) is 2. The summed E-state index contributed by atoms with van der Waals surface area (Å²) in [7, 11) is 0. The Morgan fingerprint density at radius 1 is 1.38 bits per heavy atom. The number of benzene rings is 1. The van der Waals surface area contributed by atoms with Crippen molar-refractivity contribution in [3.05, 3.63) is 45.8 Å². The molecule has 2 heterocycles. The number of rotatable bonds is 6. The second kappa shape index (κ2) is 8.01. The van der Waals surface area contributed by atoms with Gasteiger partial charge < -0.3 is 10.3 Å². The molecule has 3 rings (SSSR count). The van der Waals surface area contributed by atoms with Crippen LogP contribution in [0.5, 0.6) is 0 Å². The molecule has 1 amide bonds. The van der Waals surface area contributed by atoms with E-state index in [0.29, 0.717) is 15.4 Å². The lowest BCUT2D eigenvalue weighted by Crippen LogP contribution is -2.33. The summed E-state index contributed by atoms with van der Waals surface area (Å²) in [6.07, 6.45) is 0.860. The quantitative estimate of drug-likeness (QED) is 0.495. The zero-order valence-corrected chi connectivity index (χ0v) is 16.0. The first kappa shape index (κ1) is 18.6. The van der Waals surface area contributed by atoms with Crippen LogP contribution in [0.4, 0.5) is 4.39 Å². The van der Waals surface area contributed by atoms with Gasteiger partial charge in [-0.2, -0.15) is 0 Å². The van der Waals surface area contributed by atoms with Gasteiger partial charge in [-0.3, -0.25) is 9.59 Å². The van der Waals surface area contributed by atoms with E-state index in [1.807, 2.05) is 19.2 Å². The Hall–Kier alpha value is -2.19. The van der Waals surface area contributed by atoms with Gasteiger partial charge in [0.1, 0.15) is 10.6 Å². The molecule has 1 atom stereocenters. The Labute approximate surface area is 158 Å². The molecule has 0 saturated carbocycles. The molecular weight excluding hydrogens is 373 g/mol. The molecule has 26 heavy (non-hydrogen) atoms. The molecule has 1 aromatic carbocycles. The number of thioether (sulfide) groups is 1. The van der Waals surface area contributed by atoms with Crippen molar-refractivity contribution < 1.29 is 9.18 Å². The SMILES string of the molecule is CC[C@H](C)NC(=O)CSc1nc2scc(-c3ccc(F)cc3)c2c(=O)[nH]1. The number of amides is 1. The van der Waals surface area contributed by atoms with Crippen molar-refractivity contribution in [1.82, 2.24) is 15.3 Å². The molecule has 5 nitrogen and oxygen atoms in total. The van der Waals surface area contributed by atoms with Crippen LogP contribution in [0.1, 0.15) is 20.3 Å². The van der Waals surface area contributed by atoms with Gasteiger partial charge in [0.25, 0.3) is 5.56 Å². The molecule has 0 aliphatic heterocycles. The molecule has 0 spiro atoms. The second-order valence-corrected chi connectivity index (χ2v) is 7.70. The third-order valence-corrected chi connectivity index (χ3v) is 5.68. The molecule has 2 N–H and O–H groups in total. The van der Waals surface area contributed by atoms with E-state index in [0.717, 1.165) is 17.5 Å². The fraction of sp³-hybridized carbons (Fsp3) is 0.278. The summed E-state index contributed by atoms with van der Waals surface area (Å²) in [6, 6.07) is 6.12. The van der Waals surface area contributed by atoms with E-state index < -0.39 is 0 Å². The zero-order chi connectivity index (χ0) is 18.7. The van der Waals surface area contributed by atoms with Gasteiger partial charge in [-0.1, -0.05) is 30.8 Å². The van der Waals surface area contributed by atoms with Crippen LogP contribution >= 0.6 is 23.1 Å². The van der Waals surface area contributed by atoms with Crippen LogP contribution in [0.2, 0.25) is 0 Å². The van der Waals surface area contributed by atoms with E-state index in [1.54, 1.807) is 12.1 Å². The Bertz CT molecular complexity index is 982. The molecule has 2 aromatic heterocycles. The maximum Gasteiger partial charge on any atom is 0.260 e. The van der Waals surface area contributed by atoms with Crippen LogP contribution in [0.25, 0.3) is 21.3 Å². The summed E-state index contributed by atoms with van der Waals surface area (Å²) in [5.74, 6) is -0.227. The van der Waals surface area contributed by atoms with E-state index in [1.165, 1.54) is 35.2 Å². The van der Waals surface area contributed by atoms with Crippen LogP contribution in [-0.4, -0.2) is 27.7 Å². The summed E-state index contributed by atoms with van der Waals surface area (Å²) in [5, 5.41) is 5.60. The average molecular weight is 391 g/mol. The molecule has 0 bridgehead atoms. The van der Waals surface area contributed by atoms with Gasteiger partial charge in [-0.15, -0.1) is 11.3 Å². The van der Waals surface area contributed by atoms with Gasteiger partial charge in [0.2, 0.25) is 5.91 Å². The smallest absolute Gasteiger partial charge is 0.260 e. The highest BCUT2D eigenvalue weighted by molar-refractivity contribution is 7.99. The van der Waals surface area contributed by atoms with Crippen molar-refractivity contribution in [2.75, 3.05) is 5.75 Å². The number of nitrogens with one attached hydrogen (secondary N) is 2. The molecule has 3 aromatic rings. The van der Waals surface area contributed by atoms with Gasteiger partial charge in [-0.25, -0.2) is 9.37 Å². The molecular formula is C18H18FN3O2S2. The first-order valence-corrected chi connectivity index (χ1v) is 10.0. The predicted molar refractivity (Wildman–Crippen MR) is 104 cm³/mol. The number of fused-ring (bicyclic) bond motifs is 1. The van der Waals surface area contributed by atoms with E-state index in [2.05, 4.69) is 15.3 Å². The lowest BCUT2D eigenvalue weighted by atomic mass is 10.1. The van der Waals surface area contributed by atoms with E-state index in [-0.39, 0.29) is 29.1 Å². The van der Waals surface area contributed by atoms with E-state index in [9.17, 15) is 14.0 Å². The summed E-state index contributed by atoms with van der Waals surface area (Å²) < 4.78 is 13.1. The average Bonchev–Trinajstić information content (AvgIpc) is 3.05. The van der Waals surface area contributed by atoms with Crippen LogP contribution < -0.4 is 10.9 Å². The molecule has 0 fully saturated rings. The predicted octanol–water partition coefficient (Wildman–Crippen LogP) is 3.80. The minimum atomic E-state index is -0.324. The van der Waals surface area contributed by atoms with Gasteiger partial charge in [0.05, 0.1) is 11.1 Å². The molecule has 0 aliphatic rings. The number of hydrogen-bond acceptors (Lipinski definition) is 5. The molecule has 8 heteroatoms. The maximum atomic E-state index is 13.1. The first-order valence-electron chi connectivity index (χ1n) is 8.17. The van der Waals surface area contributed by atoms with Crippen LogP contribution in [-0.2, 0) is 4.79 Å². The highest BCUT2D eigenvalue weighted by Crippen LogP contribution is 2.31. The summed E-state index contributed by atoms with van der Waals surface area (Å²) in [5.41, 5.74) is 1.23. The fourth-order valence-electron chi connectivity index (χ4n) is 2.39. The third kappa shape index (κ3) is 4.13. The Morgan fingerprint density at radius 3 is 2.81 bits per heavy atom. The van der Waals surface area contributed by atoms with Crippen LogP contribution in [0, 0.1) is 5.82 Å². The Kier molecular flexibility index (Phi) is 5.73. The van der Waals surface area contributed by atoms with Crippen LogP contribution in [0.3, 0.4) is 0 Å². The normalized spacial score (nSPS) is 12.3. The van der Waals surface area contributed by atoms with Crippen molar-refractivity contribution in [3.8, 4) is 11.1 Å². The number of nitrogens with zero attached hydrogens (tertiary/aromatic N) is 1. The number of H-pyrrole nitrogens is 1. The standard InChI is InChI=1S/C18H18FN3O2S2/c1-3-10(2)20-14(23)9-26-18-21-16(24)15-13(8-25-17(15)22-18)11-4-6-12(19)7-5-11/h4-8,10H,3,9H2,1-2H3,(H,20,23)(H,21,22,24)/t10-/m0/s1. The monoisotopic (exact) mass is 391 g/mol. The van der Waals surface area contributed by atoms with Gasteiger partial charge in [0, 0.05) is 17.0 Å². The highest BCUT2D eigenvalue weighted by Gasteiger charge is 2.14. The zero-order valence-electron chi connectivity index (χ0n) is 14.3. The first-order chi connectivity index (χ1) is 12.5. The number of thiophene rings is 1. The van der Waals surface area contributed by atoms with Crippen molar-refractivity contribution >= 4 is 39.2 Å². The molecule has 0 radical (unpaired) electrons. The summed E-state index contributed by atoms with van der Waals surface area (Å²) in [4.78, 5) is 32.2. The number of halogens is 1. The van der Waals surface area contributed by atoms with Crippen molar-refractivity contribution in [2.24, 2.45) is 0 Å². The number of aromatic amines is 1. The maximum absolute atomic E-state index is 13.1. The van der Waals surface area contributed by atoms with Gasteiger partial charge >= 0.3 is 0 Å². The van der Waals surface area contributed by atoms with Crippen molar-refractivity contribution in [3.63, 3.8) is 0 Å². The second-order valence-electron chi connectivity index (χ2n) is 5.87. The Balaban J connectivity index is 1.82. The largest absolute Gasteiger partial charge is 0.353 e. The molecule has 0 unspecified atom stereocenters. The van der Waals surface area contributed by atoms with Crippen LogP contribution in [0.15, 0.2) is 39.6 Å². The minimum absolute atomic E-state index is 0.0923. The lowest BCUT2D eigenvalue weighted by molar-refractivity contribution is -0.119.